The highest BCUT2D eigenvalue weighted by molar-refractivity contribution is 5.67. The van der Waals surface area contributed by atoms with Gasteiger partial charge in [-0.25, -0.2) is 4.79 Å². The first-order valence-corrected chi connectivity index (χ1v) is 6.86. The molecule has 1 amide bonds. The molecule has 0 unspecified atom stereocenters. The van der Waals surface area contributed by atoms with Gasteiger partial charge in [0.1, 0.15) is 5.60 Å². The lowest BCUT2D eigenvalue weighted by atomic mass is 10.1. The van der Waals surface area contributed by atoms with E-state index < -0.39 is 11.9 Å². The van der Waals surface area contributed by atoms with Crippen LogP contribution in [0.3, 0.4) is 0 Å². The van der Waals surface area contributed by atoms with E-state index in [9.17, 15) is 4.79 Å². The average Bonchev–Trinajstić information content (AvgIpc) is 2.40. The molecule has 0 N–H and O–H groups in total. The third-order valence-corrected chi connectivity index (χ3v) is 2.85. The van der Waals surface area contributed by atoms with Crippen LogP contribution >= 0.6 is 0 Å². The molecular weight excluding hydrogens is 270 g/mol. The van der Waals surface area contributed by atoms with Crippen molar-refractivity contribution in [2.75, 3.05) is 21.3 Å². The van der Waals surface area contributed by atoms with E-state index in [1.54, 1.807) is 21.3 Å². The van der Waals surface area contributed by atoms with Crippen LogP contribution in [0, 0.1) is 0 Å². The number of benzene rings is 1. The van der Waals surface area contributed by atoms with Gasteiger partial charge in [0.25, 0.3) is 0 Å². The molecule has 0 aliphatic rings. The highest BCUT2D eigenvalue weighted by Crippen LogP contribution is 2.23. The van der Waals surface area contributed by atoms with Crippen molar-refractivity contribution in [2.24, 2.45) is 0 Å². The molecular formula is C16H25NO4. The van der Waals surface area contributed by atoms with Gasteiger partial charge in [0.15, 0.2) is 6.29 Å². The summed E-state index contributed by atoms with van der Waals surface area (Å²) in [5, 5.41) is 0. The lowest BCUT2D eigenvalue weighted by molar-refractivity contribution is -0.106. The van der Waals surface area contributed by atoms with Crippen LogP contribution in [0.2, 0.25) is 0 Å². The van der Waals surface area contributed by atoms with Gasteiger partial charge in [0.05, 0.1) is 0 Å². The zero-order valence-electron chi connectivity index (χ0n) is 13.7. The largest absolute Gasteiger partial charge is 0.444 e. The highest BCUT2D eigenvalue weighted by atomic mass is 16.7. The SMILES string of the molecule is COC(OC)c1ccccc1CN(C)C(=O)OC(C)(C)C. The zero-order chi connectivity index (χ0) is 16.0. The molecule has 1 aromatic rings. The van der Waals surface area contributed by atoms with Gasteiger partial charge < -0.3 is 19.1 Å². The molecule has 0 saturated carbocycles. The summed E-state index contributed by atoms with van der Waals surface area (Å²) in [5.74, 6) is 0. The number of nitrogens with zero attached hydrogens (tertiary/aromatic N) is 1. The van der Waals surface area contributed by atoms with Gasteiger partial charge in [-0.1, -0.05) is 24.3 Å². The Morgan fingerprint density at radius 2 is 1.76 bits per heavy atom. The number of ether oxygens (including phenoxy) is 3. The first-order chi connectivity index (χ1) is 9.78. The molecule has 0 aromatic heterocycles. The predicted molar refractivity (Wildman–Crippen MR) is 80.9 cm³/mol. The molecule has 0 spiro atoms. The number of methoxy groups -OCH3 is 2. The Labute approximate surface area is 126 Å². The van der Waals surface area contributed by atoms with Crippen molar-refractivity contribution in [3.05, 3.63) is 35.4 Å². The number of amides is 1. The number of hydrogen-bond acceptors (Lipinski definition) is 4. The second-order valence-corrected chi connectivity index (χ2v) is 5.84. The minimum absolute atomic E-state index is 0.358. The van der Waals surface area contributed by atoms with E-state index in [-0.39, 0.29) is 6.09 Å². The van der Waals surface area contributed by atoms with E-state index in [4.69, 9.17) is 14.2 Å². The third-order valence-electron chi connectivity index (χ3n) is 2.85. The van der Waals surface area contributed by atoms with Crippen LogP contribution in [-0.4, -0.2) is 37.9 Å². The fourth-order valence-electron chi connectivity index (χ4n) is 1.92. The van der Waals surface area contributed by atoms with Crippen LogP contribution in [0.5, 0.6) is 0 Å². The topological polar surface area (TPSA) is 48.0 Å². The molecule has 5 nitrogen and oxygen atoms in total. The van der Waals surface area contributed by atoms with Crippen molar-refractivity contribution in [2.45, 2.75) is 39.2 Å². The van der Waals surface area contributed by atoms with Crippen LogP contribution < -0.4 is 0 Å². The smallest absolute Gasteiger partial charge is 0.410 e. The first-order valence-electron chi connectivity index (χ1n) is 6.86. The maximum Gasteiger partial charge on any atom is 0.410 e. The molecule has 0 aliphatic heterocycles. The van der Waals surface area contributed by atoms with Crippen molar-refractivity contribution < 1.29 is 19.0 Å². The van der Waals surface area contributed by atoms with Gasteiger partial charge in [-0.15, -0.1) is 0 Å². The van der Waals surface area contributed by atoms with E-state index in [0.29, 0.717) is 6.54 Å². The normalized spacial score (nSPS) is 11.6. The molecule has 0 saturated heterocycles. The molecule has 0 fully saturated rings. The van der Waals surface area contributed by atoms with E-state index >= 15 is 0 Å². The molecule has 0 bridgehead atoms. The van der Waals surface area contributed by atoms with Crippen molar-refractivity contribution in [3.8, 4) is 0 Å². The van der Waals surface area contributed by atoms with Crippen LogP contribution in [0.1, 0.15) is 38.2 Å². The minimum atomic E-state index is -0.507. The summed E-state index contributed by atoms with van der Waals surface area (Å²) in [6.45, 7) is 5.96. The quantitative estimate of drug-likeness (QED) is 0.782. The fourth-order valence-corrected chi connectivity index (χ4v) is 1.92. The number of carbonyl (C=O) groups excluding carboxylic acids is 1. The maximum atomic E-state index is 12.0. The van der Waals surface area contributed by atoms with Gasteiger partial charge in [-0.2, -0.15) is 0 Å². The van der Waals surface area contributed by atoms with Crippen LogP contribution in [0.4, 0.5) is 4.79 Å². The molecule has 5 heteroatoms. The van der Waals surface area contributed by atoms with Crippen molar-refractivity contribution >= 4 is 6.09 Å². The Morgan fingerprint density at radius 3 is 2.29 bits per heavy atom. The second kappa shape index (κ2) is 7.43. The number of rotatable bonds is 5. The second-order valence-electron chi connectivity index (χ2n) is 5.84. The first kappa shape index (κ1) is 17.5. The van der Waals surface area contributed by atoms with Crippen molar-refractivity contribution in [1.82, 2.24) is 4.90 Å². The molecule has 0 aliphatic carbocycles. The maximum absolute atomic E-state index is 12.0. The van der Waals surface area contributed by atoms with E-state index in [2.05, 4.69) is 0 Å². The predicted octanol–water partition coefficient (Wildman–Crippen LogP) is 3.34. The van der Waals surface area contributed by atoms with Crippen LogP contribution in [-0.2, 0) is 20.8 Å². The molecule has 0 atom stereocenters. The van der Waals surface area contributed by atoms with Crippen molar-refractivity contribution in [3.63, 3.8) is 0 Å². The zero-order valence-corrected chi connectivity index (χ0v) is 13.7. The van der Waals surface area contributed by atoms with E-state index in [1.807, 2.05) is 45.0 Å². The molecule has 1 rings (SSSR count). The third kappa shape index (κ3) is 5.36. The monoisotopic (exact) mass is 295 g/mol. The van der Waals surface area contributed by atoms with E-state index in [1.165, 1.54) is 4.90 Å². The van der Waals surface area contributed by atoms with Gasteiger partial charge in [-0.3, -0.25) is 0 Å². The Morgan fingerprint density at radius 1 is 1.19 bits per heavy atom. The number of hydrogen-bond donors (Lipinski definition) is 0. The summed E-state index contributed by atoms with van der Waals surface area (Å²) in [7, 11) is 4.88. The van der Waals surface area contributed by atoms with Crippen LogP contribution in [0.15, 0.2) is 24.3 Å². The Kier molecular flexibility index (Phi) is 6.18. The minimum Gasteiger partial charge on any atom is -0.444 e. The Bertz CT molecular complexity index is 464. The molecule has 0 heterocycles. The average molecular weight is 295 g/mol. The van der Waals surface area contributed by atoms with Gasteiger partial charge in [0, 0.05) is 33.4 Å². The van der Waals surface area contributed by atoms with Crippen LogP contribution in [0.25, 0.3) is 0 Å². The molecule has 1 aromatic carbocycles. The summed E-state index contributed by atoms with van der Waals surface area (Å²) < 4.78 is 15.9. The summed E-state index contributed by atoms with van der Waals surface area (Å²) in [6.07, 6.45) is -0.808. The van der Waals surface area contributed by atoms with E-state index in [0.717, 1.165) is 11.1 Å². The summed E-state index contributed by atoms with van der Waals surface area (Å²) in [4.78, 5) is 13.6. The summed E-state index contributed by atoms with van der Waals surface area (Å²) in [5.41, 5.74) is 1.35. The molecule has 21 heavy (non-hydrogen) atoms. The summed E-state index contributed by atoms with van der Waals surface area (Å²) >= 11 is 0. The summed E-state index contributed by atoms with van der Waals surface area (Å²) in [6, 6.07) is 7.71. The standard InChI is InChI=1S/C16H25NO4/c1-16(2,3)21-15(18)17(4)11-12-9-7-8-10-13(12)14(19-5)20-6/h7-10,14H,11H2,1-6H3. The Balaban J connectivity index is 2.85. The lowest BCUT2D eigenvalue weighted by Gasteiger charge is -2.26. The lowest BCUT2D eigenvalue weighted by Crippen LogP contribution is -2.34. The van der Waals surface area contributed by atoms with Gasteiger partial charge >= 0.3 is 6.09 Å². The van der Waals surface area contributed by atoms with Crippen molar-refractivity contribution in [1.29, 1.82) is 0 Å². The molecule has 118 valence electrons. The Hall–Kier alpha value is -1.59. The molecule has 0 radical (unpaired) electrons. The highest BCUT2D eigenvalue weighted by Gasteiger charge is 2.21. The van der Waals surface area contributed by atoms with Gasteiger partial charge in [-0.05, 0) is 26.3 Å². The van der Waals surface area contributed by atoms with Gasteiger partial charge in [0.2, 0.25) is 0 Å². The fraction of sp³-hybridized carbons (Fsp3) is 0.562. The number of carbonyl (C=O) groups is 1.